The summed E-state index contributed by atoms with van der Waals surface area (Å²) in [7, 11) is 1.61. The first-order valence-electron chi connectivity index (χ1n) is 10.5. The second-order valence-electron chi connectivity index (χ2n) is 8.08. The lowest BCUT2D eigenvalue weighted by Crippen LogP contribution is -2.48. The van der Waals surface area contributed by atoms with E-state index in [-0.39, 0.29) is 11.8 Å². The lowest BCUT2D eigenvalue weighted by Gasteiger charge is -2.40. The topological polar surface area (TPSA) is 52.9 Å². The fourth-order valence-corrected chi connectivity index (χ4v) is 4.73. The van der Waals surface area contributed by atoms with E-state index in [0.717, 1.165) is 41.6 Å². The Morgan fingerprint density at radius 1 is 1.00 bits per heavy atom. The lowest BCUT2D eigenvalue weighted by atomic mass is 9.79. The number of phenols is 1. The number of phenolic OH excluding ortho intramolecular Hbond substituents is 1. The van der Waals surface area contributed by atoms with Crippen LogP contribution in [0.15, 0.2) is 72.8 Å². The Bertz CT molecular complexity index is 948. The van der Waals surface area contributed by atoms with Gasteiger partial charge in [0, 0.05) is 24.2 Å². The van der Waals surface area contributed by atoms with Crippen LogP contribution in [0.4, 0.5) is 0 Å². The summed E-state index contributed by atoms with van der Waals surface area (Å²) in [4.78, 5) is 2.29. The molecular formula is C26H29NO3. The lowest BCUT2D eigenvalue weighted by molar-refractivity contribution is -0.00673. The highest BCUT2D eigenvalue weighted by Gasteiger charge is 2.45. The van der Waals surface area contributed by atoms with Gasteiger partial charge < -0.3 is 14.9 Å². The Balaban J connectivity index is 1.72. The molecule has 2 N–H and O–H groups in total. The maximum absolute atomic E-state index is 12.2. The van der Waals surface area contributed by atoms with Crippen molar-refractivity contribution in [2.24, 2.45) is 0 Å². The normalized spacial score (nSPS) is 17.2. The minimum absolute atomic E-state index is 0.0934. The maximum Gasteiger partial charge on any atom is 0.130 e. The second kappa shape index (κ2) is 8.50. The van der Waals surface area contributed by atoms with Gasteiger partial charge in [-0.2, -0.15) is 0 Å². The van der Waals surface area contributed by atoms with Crippen molar-refractivity contribution in [2.75, 3.05) is 13.7 Å². The van der Waals surface area contributed by atoms with E-state index < -0.39 is 5.60 Å². The van der Waals surface area contributed by atoms with Crippen LogP contribution in [0.2, 0.25) is 0 Å². The third-order valence-corrected chi connectivity index (χ3v) is 6.24. The molecule has 0 bridgehead atoms. The first-order valence-corrected chi connectivity index (χ1v) is 10.5. The quantitative estimate of drug-likeness (QED) is 0.631. The fourth-order valence-electron chi connectivity index (χ4n) is 4.73. The first kappa shape index (κ1) is 20.5. The molecule has 1 atom stereocenters. The fraction of sp³-hybridized carbons (Fsp3) is 0.308. The van der Waals surface area contributed by atoms with Crippen LogP contribution in [0, 0.1) is 6.92 Å². The third-order valence-electron chi connectivity index (χ3n) is 6.24. The number of rotatable bonds is 6. The van der Waals surface area contributed by atoms with Crippen molar-refractivity contribution >= 4 is 0 Å². The van der Waals surface area contributed by atoms with Crippen LogP contribution in [0.1, 0.15) is 35.1 Å². The zero-order valence-corrected chi connectivity index (χ0v) is 17.6. The Labute approximate surface area is 178 Å². The van der Waals surface area contributed by atoms with E-state index in [9.17, 15) is 10.2 Å². The highest BCUT2D eigenvalue weighted by atomic mass is 16.5. The van der Waals surface area contributed by atoms with Gasteiger partial charge in [0.15, 0.2) is 0 Å². The molecule has 0 spiro atoms. The maximum atomic E-state index is 12.2. The van der Waals surface area contributed by atoms with Crippen LogP contribution in [0.25, 0.3) is 0 Å². The Morgan fingerprint density at radius 2 is 1.60 bits per heavy atom. The van der Waals surface area contributed by atoms with Gasteiger partial charge in [-0.3, -0.25) is 4.90 Å². The number of ether oxygens (including phenoxy) is 1. The molecular weight excluding hydrogens is 374 g/mol. The van der Waals surface area contributed by atoms with Gasteiger partial charge in [0.2, 0.25) is 0 Å². The van der Waals surface area contributed by atoms with Gasteiger partial charge in [-0.25, -0.2) is 0 Å². The molecule has 0 saturated carbocycles. The van der Waals surface area contributed by atoms with Crippen molar-refractivity contribution in [1.29, 1.82) is 0 Å². The molecule has 30 heavy (non-hydrogen) atoms. The predicted molar refractivity (Wildman–Crippen MR) is 119 cm³/mol. The molecule has 0 amide bonds. The average molecular weight is 404 g/mol. The summed E-state index contributed by atoms with van der Waals surface area (Å²) in [5.41, 5.74) is 2.49. The molecule has 0 aromatic heterocycles. The number of likely N-dealkylation sites (tertiary alicyclic amines) is 1. The van der Waals surface area contributed by atoms with Gasteiger partial charge in [-0.1, -0.05) is 60.7 Å². The minimum Gasteiger partial charge on any atom is -0.507 e. The summed E-state index contributed by atoms with van der Waals surface area (Å²) >= 11 is 0. The zero-order chi connectivity index (χ0) is 21.1. The molecule has 1 aliphatic rings. The Morgan fingerprint density at radius 3 is 2.17 bits per heavy atom. The van der Waals surface area contributed by atoms with E-state index in [1.54, 1.807) is 13.2 Å². The van der Waals surface area contributed by atoms with Crippen LogP contribution >= 0.6 is 0 Å². The van der Waals surface area contributed by atoms with Crippen molar-refractivity contribution in [2.45, 2.75) is 38.0 Å². The van der Waals surface area contributed by atoms with Crippen molar-refractivity contribution in [3.63, 3.8) is 0 Å². The number of nitrogens with zero attached hydrogens (tertiary/aromatic N) is 1. The summed E-state index contributed by atoms with van der Waals surface area (Å²) in [6, 6.07) is 23.4. The van der Waals surface area contributed by atoms with Crippen LogP contribution < -0.4 is 4.74 Å². The minimum atomic E-state index is -1.13. The smallest absolute Gasteiger partial charge is 0.130 e. The third kappa shape index (κ3) is 3.69. The number of aliphatic hydroxyl groups is 1. The van der Waals surface area contributed by atoms with E-state index in [4.69, 9.17) is 4.74 Å². The second-order valence-corrected chi connectivity index (χ2v) is 8.08. The Hall–Kier alpha value is -2.82. The number of aryl methyl sites for hydroxylation is 1. The van der Waals surface area contributed by atoms with Crippen LogP contribution in [-0.4, -0.2) is 34.8 Å². The molecule has 4 nitrogen and oxygen atoms in total. The van der Waals surface area contributed by atoms with Crippen molar-refractivity contribution in [3.05, 3.63) is 95.1 Å². The summed E-state index contributed by atoms with van der Waals surface area (Å²) in [5, 5.41) is 22.7. The standard InChI is InChI=1S/C26H29NO3/c1-19-16-20(23(28)17-24(19)30-2)18-27-15-9-14-25(27)26(29,21-10-5-3-6-11-21)22-12-7-4-8-13-22/h3-8,10-13,16-17,25,28-29H,9,14-15,18H2,1-2H3/t25-/m1/s1. The SMILES string of the molecule is COc1cc(O)c(CN2CCC[C@@H]2C(O)(c2ccccc2)c2ccccc2)cc1C. The van der Waals surface area contributed by atoms with Gasteiger partial charge in [0.05, 0.1) is 7.11 Å². The van der Waals surface area contributed by atoms with Gasteiger partial charge >= 0.3 is 0 Å². The van der Waals surface area contributed by atoms with Crippen molar-refractivity contribution in [1.82, 2.24) is 4.90 Å². The molecule has 3 aromatic carbocycles. The summed E-state index contributed by atoms with van der Waals surface area (Å²) in [6.45, 7) is 3.42. The van der Waals surface area contributed by atoms with E-state index in [0.29, 0.717) is 12.3 Å². The molecule has 0 unspecified atom stereocenters. The molecule has 0 radical (unpaired) electrons. The molecule has 156 valence electrons. The van der Waals surface area contributed by atoms with Crippen LogP contribution in [0.5, 0.6) is 11.5 Å². The van der Waals surface area contributed by atoms with Crippen LogP contribution in [0.3, 0.4) is 0 Å². The highest BCUT2D eigenvalue weighted by molar-refractivity contribution is 5.45. The number of benzene rings is 3. The average Bonchev–Trinajstić information content (AvgIpc) is 3.25. The monoisotopic (exact) mass is 403 g/mol. The van der Waals surface area contributed by atoms with E-state index in [1.165, 1.54) is 0 Å². The summed E-state index contributed by atoms with van der Waals surface area (Å²) in [6.07, 6.45) is 1.89. The van der Waals surface area contributed by atoms with Crippen molar-refractivity contribution < 1.29 is 14.9 Å². The molecule has 1 saturated heterocycles. The number of methoxy groups -OCH3 is 1. The summed E-state index contributed by atoms with van der Waals surface area (Å²) in [5.74, 6) is 0.908. The zero-order valence-electron chi connectivity index (χ0n) is 17.6. The Kier molecular flexibility index (Phi) is 5.80. The molecule has 4 rings (SSSR count). The van der Waals surface area contributed by atoms with Gasteiger partial charge in [0.1, 0.15) is 17.1 Å². The largest absolute Gasteiger partial charge is 0.507 e. The van der Waals surface area contributed by atoms with E-state index in [1.807, 2.05) is 73.7 Å². The molecule has 1 fully saturated rings. The van der Waals surface area contributed by atoms with Gasteiger partial charge in [-0.05, 0) is 49.1 Å². The predicted octanol–water partition coefficient (Wildman–Crippen LogP) is 4.61. The van der Waals surface area contributed by atoms with Crippen LogP contribution in [-0.2, 0) is 12.1 Å². The highest BCUT2D eigenvalue weighted by Crippen LogP contribution is 2.41. The number of aromatic hydroxyl groups is 1. The summed E-state index contributed by atoms with van der Waals surface area (Å²) < 4.78 is 5.33. The number of hydrogen-bond donors (Lipinski definition) is 2. The van der Waals surface area contributed by atoms with E-state index in [2.05, 4.69) is 4.90 Å². The molecule has 0 aliphatic carbocycles. The van der Waals surface area contributed by atoms with Crippen molar-refractivity contribution in [3.8, 4) is 11.5 Å². The molecule has 4 heteroatoms. The number of hydrogen-bond acceptors (Lipinski definition) is 4. The molecule has 1 aliphatic heterocycles. The molecule has 1 heterocycles. The first-order chi connectivity index (χ1) is 14.5. The van der Waals surface area contributed by atoms with E-state index >= 15 is 0 Å². The van der Waals surface area contributed by atoms with Gasteiger partial charge in [0.25, 0.3) is 0 Å². The molecule has 3 aromatic rings. The van der Waals surface area contributed by atoms with Gasteiger partial charge in [-0.15, -0.1) is 0 Å².